The fourth-order valence-corrected chi connectivity index (χ4v) is 5.66. The fraction of sp³-hybridized carbons (Fsp3) is 0.550. The predicted molar refractivity (Wildman–Crippen MR) is 112 cm³/mol. The highest BCUT2D eigenvalue weighted by Gasteiger charge is 2.33. The third-order valence-electron chi connectivity index (χ3n) is 5.88. The van der Waals surface area contributed by atoms with Crippen LogP contribution >= 0.6 is 23.4 Å². The van der Waals surface area contributed by atoms with E-state index in [4.69, 9.17) is 16.3 Å². The summed E-state index contributed by atoms with van der Waals surface area (Å²) in [6.45, 7) is 1.19. The van der Waals surface area contributed by atoms with Gasteiger partial charge in [0.2, 0.25) is 5.91 Å². The van der Waals surface area contributed by atoms with Gasteiger partial charge in [0.05, 0.1) is 35.7 Å². The fourth-order valence-electron chi connectivity index (χ4n) is 4.40. The van der Waals surface area contributed by atoms with Crippen LogP contribution in [0.1, 0.15) is 43.0 Å². The minimum atomic E-state index is -0.151. The molecule has 1 amide bonds. The first kappa shape index (κ1) is 19.8. The first-order valence-electron chi connectivity index (χ1n) is 10.3. The Morgan fingerprint density at radius 1 is 1.27 bits per heavy atom. The quantitative estimate of drug-likeness (QED) is 0.664. The van der Waals surface area contributed by atoms with Crippen molar-refractivity contribution in [2.75, 3.05) is 18.8 Å². The number of carbonyl (C=O) groups excluding carboxylic acids is 1. The van der Waals surface area contributed by atoms with Crippen LogP contribution in [0.25, 0.3) is 0 Å². The number of nitrogens with zero attached hydrogens (tertiary/aromatic N) is 5. The standard InChI is InChI=1S/C20H22ClN5O3S/c21-12-8-22-19(23-9-12)29-14-3-2-6-25(10-14)17(27)7-13-11-30-20-24-16-5-1-4-15(16)18(28)26(13)20/h8-9,13-14H,1-7,10-11H2. The summed E-state index contributed by atoms with van der Waals surface area (Å²) in [5.74, 6) is 0.759. The minimum absolute atomic E-state index is 0.0474. The zero-order chi connectivity index (χ0) is 20.7. The Bertz CT molecular complexity index is 1030. The average molecular weight is 448 g/mol. The van der Waals surface area contributed by atoms with E-state index in [1.807, 2.05) is 4.90 Å². The first-order valence-corrected chi connectivity index (χ1v) is 11.6. The molecule has 5 rings (SSSR count). The van der Waals surface area contributed by atoms with Crippen molar-refractivity contribution < 1.29 is 9.53 Å². The molecule has 0 saturated carbocycles. The van der Waals surface area contributed by atoms with Gasteiger partial charge in [0.25, 0.3) is 5.56 Å². The molecule has 2 aromatic heterocycles. The second kappa shape index (κ2) is 8.19. The topological polar surface area (TPSA) is 90.2 Å². The van der Waals surface area contributed by atoms with Gasteiger partial charge in [-0.1, -0.05) is 23.4 Å². The third kappa shape index (κ3) is 3.80. The van der Waals surface area contributed by atoms with Crippen LogP contribution in [0.15, 0.2) is 22.3 Å². The zero-order valence-corrected chi connectivity index (χ0v) is 18.0. The molecule has 0 radical (unpaired) electrons. The van der Waals surface area contributed by atoms with Gasteiger partial charge in [0.1, 0.15) is 6.10 Å². The van der Waals surface area contributed by atoms with Gasteiger partial charge in [-0.15, -0.1) is 0 Å². The van der Waals surface area contributed by atoms with Gasteiger partial charge >= 0.3 is 6.01 Å². The lowest BCUT2D eigenvalue weighted by molar-refractivity contribution is -0.134. The highest BCUT2D eigenvalue weighted by Crippen LogP contribution is 2.34. The van der Waals surface area contributed by atoms with Gasteiger partial charge in [-0.3, -0.25) is 14.2 Å². The number of aryl methyl sites for hydroxylation is 1. The number of ether oxygens (including phenoxy) is 1. The Morgan fingerprint density at radius 3 is 2.93 bits per heavy atom. The van der Waals surface area contributed by atoms with Crippen molar-refractivity contribution in [1.82, 2.24) is 24.4 Å². The van der Waals surface area contributed by atoms with Crippen LogP contribution in [0.2, 0.25) is 5.02 Å². The van der Waals surface area contributed by atoms with E-state index >= 15 is 0 Å². The molecular formula is C20H22ClN5O3S. The molecular weight excluding hydrogens is 426 g/mol. The summed E-state index contributed by atoms with van der Waals surface area (Å²) in [6, 6.07) is 0.135. The highest BCUT2D eigenvalue weighted by molar-refractivity contribution is 7.99. The van der Waals surface area contributed by atoms with Crippen LogP contribution in [0.3, 0.4) is 0 Å². The Morgan fingerprint density at radius 2 is 2.10 bits per heavy atom. The van der Waals surface area contributed by atoms with Crippen LogP contribution in [0.5, 0.6) is 6.01 Å². The maximum Gasteiger partial charge on any atom is 0.316 e. The number of halogens is 1. The molecule has 158 valence electrons. The van der Waals surface area contributed by atoms with Crippen molar-refractivity contribution in [3.8, 4) is 6.01 Å². The minimum Gasteiger partial charge on any atom is -0.458 e. The molecule has 0 bridgehead atoms. The summed E-state index contributed by atoms with van der Waals surface area (Å²) >= 11 is 7.39. The van der Waals surface area contributed by atoms with E-state index in [1.165, 1.54) is 12.4 Å². The number of fused-ring (bicyclic) bond motifs is 2. The van der Waals surface area contributed by atoms with Crippen LogP contribution < -0.4 is 10.3 Å². The summed E-state index contributed by atoms with van der Waals surface area (Å²) in [5, 5.41) is 1.21. The Kier molecular flexibility index (Phi) is 5.41. The zero-order valence-electron chi connectivity index (χ0n) is 16.4. The monoisotopic (exact) mass is 447 g/mol. The van der Waals surface area contributed by atoms with E-state index in [0.717, 1.165) is 48.5 Å². The maximum absolute atomic E-state index is 13.0. The lowest BCUT2D eigenvalue weighted by Crippen LogP contribution is -2.45. The second-order valence-corrected chi connectivity index (χ2v) is 9.35. The van der Waals surface area contributed by atoms with Crippen molar-refractivity contribution in [1.29, 1.82) is 0 Å². The van der Waals surface area contributed by atoms with Crippen molar-refractivity contribution in [2.24, 2.45) is 0 Å². The molecule has 2 aliphatic heterocycles. The van der Waals surface area contributed by atoms with Gasteiger partial charge in [-0.05, 0) is 32.1 Å². The first-order chi connectivity index (χ1) is 14.6. The van der Waals surface area contributed by atoms with Gasteiger partial charge in [-0.2, -0.15) is 0 Å². The number of hydrogen-bond acceptors (Lipinski definition) is 7. The molecule has 8 nitrogen and oxygen atoms in total. The van der Waals surface area contributed by atoms with Crippen molar-refractivity contribution in [3.63, 3.8) is 0 Å². The van der Waals surface area contributed by atoms with E-state index in [1.54, 1.807) is 16.3 Å². The molecule has 0 N–H and O–H groups in total. The summed E-state index contributed by atoms with van der Waals surface area (Å²) in [5.41, 5.74) is 1.84. The SMILES string of the molecule is O=C(CC1CSc2nc3c(c(=O)n21)CCC3)N1CCCC(Oc2ncc(Cl)cn2)C1. The number of carbonyl (C=O) groups is 1. The van der Waals surface area contributed by atoms with E-state index in [-0.39, 0.29) is 29.6 Å². The molecule has 1 fully saturated rings. The van der Waals surface area contributed by atoms with Gasteiger partial charge in [-0.25, -0.2) is 15.0 Å². The van der Waals surface area contributed by atoms with Crippen LogP contribution in [-0.4, -0.2) is 55.3 Å². The van der Waals surface area contributed by atoms with E-state index < -0.39 is 0 Å². The molecule has 1 saturated heterocycles. The molecule has 2 atom stereocenters. The van der Waals surface area contributed by atoms with Crippen molar-refractivity contribution in [3.05, 3.63) is 39.0 Å². The molecule has 1 aliphatic carbocycles. The lowest BCUT2D eigenvalue weighted by Gasteiger charge is -2.33. The molecule has 3 aliphatic rings. The number of amides is 1. The number of aromatic nitrogens is 4. The van der Waals surface area contributed by atoms with E-state index in [2.05, 4.69) is 15.0 Å². The number of rotatable bonds is 4. The maximum atomic E-state index is 13.0. The number of hydrogen-bond donors (Lipinski definition) is 0. The Hall–Kier alpha value is -2.13. The second-order valence-electron chi connectivity index (χ2n) is 7.92. The van der Waals surface area contributed by atoms with Gasteiger partial charge < -0.3 is 9.64 Å². The van der Waals surface area contributed by atoms with Crippen molar-refractivity contribution in [2.45, 2.75) is 55.8 Å². The Labute approximate surface area is 183 Å². The molecule has 0 spiro atoms. The van der Waals surface area contributed by atoms with Gasteiger partial charge in [0, 0.05) is 24.3 Å². The molecule has 10 heteroatoms. The number of thioether (sulfide) groups is 1. The largest absolute Gasteiger partial charge is 0.458 e. The normalized spacial score (nSPS) is 22.6. The number of likely N-dealkylation sites (tertiary alicyclic amines) is 1. The van der Waals surface area contributed by atoms with Crippen LogP contribution in [-0.2, 0) is 17.6 Å². The lowest BCUT2D eigenvalue weighted by atomic mass is 10.1. The molecule has 30 heavy (non-hydrogen) atoms. The van der Waals surface area contributed by atoms with Gasteiger partial charge in [0.15, 0.2) is 5.16 Å². The van der Waals surface area contributed by atoms with E-state index in [9.17, 15) is 9.59 Å². The summed E-state index contributed by atoms with van der Waals surface area (Å²) in [4.78, 5) is 40.6. The summed E-state index contributed by atoms with van der Waals surface area (Å²) < 4.78 is 7.60. The number of piperidine rings is 1. The Balaban J connectivity index is 1.25. The molecule has 2 aromatic rings. The molecule has 2 unspecified atom stereocenters. The summed E-state index contributed by atoms with van der Waals surface area (Å²) in [7, 11) is 0. The average Bonchev–Trinajstić information content (AvgIpc) is 3.38. The smallest absolute Gasteiger partial charge is 0.316 e. The summed E-state index contributed by atoms with van der Waals surface area (Å²) in [6.07, 6.45) is 7.51. The molecule has 4 heterocycles. The molecule has 0 aromatic carbocycles. The third-order valence-corrected chi connectivity index (χ3v) is 7.17. The highest BCUT2D eigenvalue weighted by atomic mass is 35.5. The van der Waals surface area contributed by atoms with Crippen LogP contribution in [0, 0.1) is 0 Å². The predicted octanol–water partition coefficient (Wildman–Crippen LogP) is 2.28. The van der Waals surface area contributed by atoms with Crippen molar-refractivity contribution >= 4 is 29.3 Å². The van der Waals surface area contributed by atoms with Crippen LogP contribution in [0.4, 0.5) is 0 Å². The van der Waals surface area contributed by atoms with E-state index in [0.29, 0.717) is 30.3 Å².